The second-order valence-corrected chi connectivity index (χ2v) is 4.31. The first-order valence-electron chi connectivity index (χ1n) is 5.69. The van der Waals surface area contributed by atoms with Gasteiger partial charge in [0.15, 0.2) is 0 Å². The number of rotatable bonds is 3. The summed E-state index contributed by atoms with van der Waals surface area (Å²) < 4.78 is 0. The molecule has 0 saturated heterocycles. The molecule has 0 unspecified atom stereocenters. The molecule has 2 rings (SSSR count). The lowest BCUT2D eigenvalue weighted by atomic mass is 10.0. The van der Waals surface area contributed by atoms with E-state index in [9.17, 15) is 0 Å². The van der Waals surface area contributed by atoms with Crippen molar-refractivity contribution in [3.8, 4) is 0 Å². The van der Waals surface area contributed by atoms with E-state index in [1.54, 1.807) is 0 Å². The molecular formula is C16H17. The van der Waals surface area contributed by atoms with E-state index in [4.69, 9.17) is 0 Å². The van der Waals surface area contributed by atoms with E-state index in [1.807, 2.05) is 0 Å². The van der Waals surface area contributed by atoms with E-state index in [-0.39, 0.29) is 0 Å². The molecule has 2 aromatic rings. The molecule has 0 aliphatic carbocycles. The highest BCUT2D eigenvalue weighted by Gasteiger charge is 1.97. The van der Waals surface area contributed by atoms with Crippen LogP contribution in [-0.4, -0.2) is 0 Å². The quantitative estimate of drug-likeness (QED) is 0.714. The predicted octanol–water partition coefficient (Wildman–Crippen LogP) is 4.10. The molecule has 0 heteroatoms. The van der Waals surface area contributed by atoms with Crippen LogP contribution >= 0.6 is 0 Å². The summed E-state index contributed by atoms with van der Waals surface area (Å²) in [5.74, 6) is 0. The van der Waals surface area contributed by atoms with E-state index < -0.39 is 0 Å². The van der Waals surface area contributed by atoms with E-state index in [1.165, 1.54) is 22.3 Å². The number of hydrogen-bond donors (Lipinski definition) is 0. The van der Waals surface area contributed by atoms with Gasteiger partial charge in [-0.1, -0.05) is 59.7 Å². The molecule has 0 N–H and O–H groups in total. The van der Waals surface area contributed by atoms with Crippen LogP contribution < -0.4 is 0 Å². The number of hydrogen-bond acceptors (Lipinski definition) is 0. The van der Waals surface area contributed by atoms with Crippen LogP contribution in [0.25, 0.3) is 0 Å². The summed E-state index contributed by atoms with van der Waals surface area (Å²) in [7, 11) is 0. The molecule has 0 spiro atoms. The lowest BCUT2D eigenvalue weighted by molar-refractivity contribution is 1.15. The van der Waals surface area contributed by atoms with Gasteiger partial charge in [0.05, 0.1) is 0 Å². The molecule has 0 bridgehead atoms. The first kappa shape index (κ1) is 10.9. The molecule has 16 heavy (non-hydrogen) atoms. The summed E-state index contributed by atoms with van der Waals surface area (Å²) in [6.45, 7) is 4.26. The molecule has 81 valence electrons. The van der Waals surface area contributed by atoms with Crippen molar-refractivity contribution in [2.75, 3.05) is 0 Å². The Kier molecular flexibility index (Phi) is 3.40. The summed E-state index contributed by atoms with van der Waals surface area (Å²) in [6, 6.07) is 17.3. The zero-order valence-corrected chi connectivity index (χ0v) is 9.90. The average Bonchev–Trinajstić information content (AvgIpc) is 2.27. The van der Waals surface area contributed by atoms with E-state index in [0.29, 0.717) is 0 Å². The number of aryl methyl sites for hydroxylation is 2. The molecular weight excluding hydrogens is 192 g/mol. The van der Waals surface area contributed by atoms with E-state index in [0.717, 1.165) is 6.42 Å². The molecule has 0 aromatic heterocycles. The van der Waals surface area contributed by atoms with Gasteiger partial charge in [-0.15, -0.1) is 0 Å². The lowest BCUT2D eigenvalue weighted by Crippen LogP contribution is -1.89. The zero-order valence-electron chi connectivity index (χ0n) is 9.90. The van der Waals surface area contributed by atoms with Crippen LogP contribution in [0.5, 0.6) is 0 Å². The van der Waals surface area contributed by atoms with Gasteiger partial charge >= 0.3 is 0 Å². The Morgan fingerprint density at radius 1 is 0.875 bits per heavy atom. The van der Waals surface area contributed by atoms with Gasteiger partial charge in [-0.3, -0.25) is 0 Å². The van der Waals surface area contributed by atoms with Gasteiger partial charge in [0.2, 0.25) is 0 Å². The topological polar surface area (TPSA) is 0 Å². The summed E-state index contributed by atoms with van der Waals surface area (Å²) >= 11 is 0. The minimum absolute atomic E-state index is 1.01. The Labute approximate surface area is 97.9 Å². The largest absolute Gasteiger partial charge is 0.0617 e. The van der Waals surface area contributed by atoms with Crippen molar-refractivity contribution in [3.63, 3.8) is 0 Å². The first-order chi connectivity index (χ1) is 7.74. The molecule has 1 radical (unpaired) electrons. The highest BCUT2D eigenvalue weighted by atomic mass is 14.0. The van der Waals surface area contributed by atoms with Crippen LogP contribution in [0.4, 0.5) is 0 Å². The second kappa shape index (κ2) is 4.98. The second-order valence-electron chi connectivity index (χ2n) is 4.31. The van der Waals surface area contributed by atoms with Gasteiger partial charge in [0, 0.05) is 0 Å². The highest BCUT2D eigenvalue weighted by Crippen LogP contribution is 2.12. The predicted molar refractivity (Wildman–Crippen MR) is 69.5 cm³/mol. The smallest absolute Gasteiger partial charge is 0.00493 e. The minimum atomic E-state index is 1.01. The first-order valence-corrected chi connectivity index (χ1v) is 5.69. The van der Waals surface area contributed by atoms with Gasteiger partial charge in [-0.25, -0.2) is 0 Å². The van der Waals surface area contributed by atoms with Gasteiger partial charge in [0.1, 0.15) is 0 Å². The fourth-order valence-corrected chi connectivity index (χ4v) is 1.87. The van der Waals surface area contributed by atoms with Crippen molar-refractivity contribution < 1.29 is 0 Å². The third-order valence-electron chi connectivity index (χ3n) is 2.70. The van der Waals surface area contributed by atoms with Gasteiger partial charge in [-0.2, -0.15) is 0 Å². The molecule has 0 nitrogen and oxygen atoms in total. The van der Waals surface area contributed by atoms with Crippen molar-refractivity contribution in [1.29, 1.82) is 0 Å². The standard InChI is InChI=1S/C16H17/c1-13-5-3-7-15(11-13)9-10-16-8-4-6-14(2)12-16/h3-9,11-12H,10H2,1-2H3. The fourth-order valence-electron chi connectivity index (χ4n) is 1.87. The molecule has 0 aliphatic rings. The normalized spacial score (nSPS) is 10.4. The molecule has 2 aromatic carbocycles. The molecule has 0 heterocycles. The summed E-state index contributed by atoms with van der Waals surface area (Å²) in [5.41, 5.74) is 5.33. The molecule has 0 amide bonds. The molecule has 0 fully saturated rings. The molecule has 0 aliphatic heterocycles. The maximum Gasteiger partial charge on any atom is -0.00493 e. The van der Waals surface area contributed by atoms with Crippen molar-refractivity contribution in [2.24, 2.45) is 0 Å². The minimum Gasteiger partial charge on any atom is -0.0617 e. The summed E-state index contributed by atoms with van der Waals surface area (Å²) in [6.07, 6.45) is 3.28. The van der Waals surface area contributed by atoms with Crippen molar-refractivity contribution in [1.82, 2.24) is 0 Å². The zero-order chi connectivity index (χ0) is 11.4. The third kappa shape index (κ3) is 2.96. The number of benzene rings is 2. The Balaban J connectivity index is 2.02. The third-order valence-corrected chi connectivity index (χ3v) is 2.70. The molecule has 0 atom stereocenters. The SMILES string of the molecule is Cc1cccc([CH]Cc2cccc(C)c2)c1. The van der Waals surface area contributed by atoms with Crippen LogP contribution in [0.1, 0.15) is 22.3 Å². The maximum atomic E-state index is 2.28. The van der Waals surface area contributed by atoms with Crippen molar-refractivity contribution >= 4 is 0 Å². The Bertz CT molecular complexity index is 423. The summed E-state index contributed by atoms with van der Waals surface area (Å²) in [4.78, 5) is 0. The fraction of sp³-hybridized carbons (Fsp3) is 0.188. The van der Waals surface area contributed by atoms with Gasteiger partial charge < -0.3 is 0 Å². The van der Waals surface area contributed by atoms with Crippen molar-refractivity contribution in [2.45, 2.75) is 20.3 Å². The monoisotopic (exact) mass is 209 g/mol. The Morgan fingerprint density at radius 3 is 2.25 bits per heavy atom. The van der Waals surface area contributed by atoms with Crippen LogP contribution in [0, 0.1) is 20.3 Å². The Hall–Kier alpha value is -1.56. The van der Waals surface area contributed by atoms with Crippen LogP contribution in [0.2, 0.25) is 0 Å². The maximum absolute atomic E-state index is 2.28. The van der Waals surface area contributed by atoms with Gasteiger partial charge in [0.25, 0.3) is 0 Å². The van der Waals surface area contributed by atoms with Crippen LogP contribution in [0.15, 0.2) is 48.5 Å². The van der Waals surface area contributed by atoms with E-state index in [2.05, 4.69) is 68.8 Å². The van der Waals surface area contributed by atoms with Crippen LogP contribution in [0.3, 0.4) is 0 Å². The van der Waals surface area contributed by atoms with Crippen molar-refractivity contribution in [3.05, 3.63) is 77.2 Å². The molecule has 0 saturated carbocycles. The van der Waals surface area contributed by atoms with Crippen LogP contribution in [-0.2, 0) is 6.42 Å². The highest BCUT2D eigenvalue weighted by molar-refractivity contribution is 5.31. The average molecular weight is 209 g/mol. The summed E-state index contributed by atoms with van der Waals surface area (Å²) in [5, 5.41) is 0. The van der Waals surface area contributed by atoms with Gasteiger partial charge in [-0.05, 0) is 37.8 Å². The Morgan fingerprint density at radius 2 is 1.56 bits per heavy atom. The lowest BCUT2D eigenvalue weighted by Gasteiger charge is -2.03. The van der Waals surface area contributed by atoms with E-state index >= 15 is 0 Å².